The highest BCUT2D eigenvalue weighted by Crippen LogP contribution is 2.55. The Morgan fingerprint density at radius 3 is 1.93 bits per heavy atom. The maximum atomic E-state index is 12.4. The number of amides is 2. The molecule has 30 heavy (non-hydrogen) atoms. The van der Waals surface area contributed by atoms with Crippen molar-refractivity contribution < 1.29 is 9.59 Å². The number of carbonyl (C=O) groups is 2. The van der Waals surface area contributed by atoms with Gasteiger partial charge in [-0.25, -0.2) is 0 Å². The molecule has 0 unspecified atom stereocenters. The molecule has 2 N–H and O–H groups in total. The number of rotatable bonds is 5. The summed E-state index contributed by atoms with van der Waals surface area (Å²) < 4.78 is 0. The summed E-state index contributed by atoms with van der Waals surface area (Å²) in [5, 5.41) is 5.75. The average Bonchev–Trinajstić information content (AvgIpc) is 2.82. The molecule has 0 spiro atoms. The SMILES string of the molecule is O=C(CNC(=O)c1ccccc1)NC[C@H]1CC2c3ccccc3C1c1ccccc12. The van der Waals surface area contributed by atoms with Crippen LogP contribution in [0.25, 0.3) is 0 Å². The first-order chi connectivity index (χ1) is 14.7. The monoisotopic (exact) mass is 396 g/mol. The van der Waals surface area contributed by atoms with Gasteiger partial charge in [0.15, 0.2) is 0 Å². The normalized spacial score (nSPS) is 20.7. The Balaban J connectivity index is 1.25. The van der Waals surface area contributed by atoms with Gasteiger partial charge in [-0.15, -0.1) is 0 Å². The van der Waals surface area contributed by atoms with Crippen molar-refractivity contribution >= 4 is 11.8 Å². The first-order valence-corrected chi connectivity index (χ1v) is 10.5. The van der Waals surface area contributed by atoms with Gasteiger partial charge in [0.25, 0.3) is 5.91 Å². The van der Waals surface area contributed by atoms with Gasteiger partial charge < -0.3 is 10.6 Å². The Kier molecular flexibility index (Phi) is 4.83. The summed E-state index contributed by atoms with van der Waals surface area (Å²) >= 11 is 0. The van der Waals surface area contributed by atoms with Gasteiger partial charge >= 0.3 is 0 Å². The first kappa shape index (κ1) is 18.6. The van der Waals surface area contributed by atoms with Crippen LogP contribution in [0.3, 0.4) is 0 Å². The van der Waals surface area contributed by atoms with Crippen molar-refractivity contribution in [3.8, 4) is 0 Å². The summed E-state index contributed by atoms with van der Waals surface area (Å²) in [5.74, 6) is 0.671. The molecule has 150 valence electrons. The summed E-state index contributed by atoms with van der Waals surface area (Å²) in [6, 6.07) is 26.4. The van der Waals surface area contributed by atoms with Crippen LogP contribution in [0.4, 0.5) is 0 Å². The van der Waals surface area contributed by atoms with Crippen molar-refractivity contribution in [3.63, 3.8) is 0 Å². The second kappa shape index (κ2) is 7.79. The highest BCUT2D eigenvalue weighted by atomic mass is 16.2. The van der Waals surface area contributed by atoms with E-state index in [1.807, 2.05) is 18.2 Å². The van der Waals surface area contributed by atoms with Gasteiger partial charge in [-0.05, 0) is 46.7 Å². The highest BCUT2D eigenvalue weighted by Gasteiger charge is 2.42. The summed E-state index contributed by atoms with van der Waals surface area (Å²) in [6.45, 7) is 0.603. The summed E-state index contributed by atoms with van der Waals surface area (Å²) in [5.41, 5.74) is 6.20. The Bertz CT molecular complexity index is 1050. The van der Waals surface area contributed by atoms with Crippen molar-refractivity contribution in [2.75, 3.05) is 13.1 Å². The maximum absolute atomic E-state index is 12.4. The molecule has 0 saturated heterocycles. The third kappa shape index (κ3) is 3.28. The van der Waals surface area contributed by atoms with Crippen LogP contribution in [0, 0.1) is 5.92 Å². The van der Waals surface area contributed by atoms with Gasteiger partial charge in [-0.2, -0.15) is 0 Å². The number of fused-ring (bicyclic) bond motifs is 1. The summed E-state index contributed by atoms with van der Waals surface area (Å²) in [4.78, 5) is 24.5. The van der Waals surface area contributed by atoms with Gasteiger partial charge in [-0.1, -0.05) is 66.7 Å². The molecule has 3 aliphatic rings. The second-order valence-electron chi connectivity index (χ2n) is 8.14. The van der Waals surface area contributed by atoms with Gasteiger partial charge in [0.1, 0.15) is 0 Å². The largest absolute Gasteiger partial charge is 0.354 e. The number of carbonyl (C=O) groups excluding carboxylic acids is 2. The highest BCUT2D eigenvalue weighted by molar-refractivity contribution is 5.96. The molecule has 0 saturated carbocycles. The minimum absolute atomic E-state index is 0.0122. The molecule has 0 aromatic heterocycles. The van der Waals surface area contributed by atoms with Crippen LogP contribution < -0.4 is 10.6 Å². The Labute approximate surface area is 176 Å². The van der Waals surface area contributed by atoms with Crippen LogP contribution in [0.15, 0.2) is 78.9 Å². The van der Waals surface area contributed by atoms with Gasteiger partial charge in [0.2, 0.25) is 5.91 Å². The molecule has 0 radical (unpaired) electrons. The summed E-state index contributed by atoms with van der Waals surface area (Å²) in [6.07, 6.45) is 1.04. The lowest BCUT2D eigenvalue weighted by molar-refractivity contribution is -0.120. The topological polar surface area (TPSA) is 58.2 Å². The Hall–Kier alpha value is -3.40. The molecule has 3 aromatic rings. The maximum Gasteiger partial charge on any atom is 0.251 e. The van der Waals surface area contributed by atoms with Crippen LogP contribution >= 0.6 is 0 Å². The zero-order chi connectivity index (χ0) is 20.5. The smallest absolute Gasteiger partial charge is 0.251 e. The molecular weight excluding hydrogens is 372 g/mol. The van der Waals surface area contributed by atoms with E-state index in [1.165, 1.54) is 22.3 Å². The van der Waals surface area contributed by atoms with E-state index < -0.39 is 0 Å². The predicted molar refractivity (Wildman–Crippen MR) is 116 cm³/mol. The molecule has 0 aliphatic heterocycles. The third-order valence-electron chi connectivity index (χ3n) is 6.43. The van der Waals surface area contributed by atoms with E-state index in [9.17, 15) is 9.59 Å². The molecule has 0 heterocycles. The molecular formula is C26H24N2O2. The zero-order valence-corrected chi connectivity index (χ0v) is 16.7. The third-order valence-corrected chi connectivity index (χ3v) is 6.43. The first-order valence-electron chi connectivity index (χ1n) is 10.5. The van der Waals surface area contributed by atoms with E-state index in [2.05, 4.69) is 59.2 Å². The molecule has 2 bridgehead atoms. The van der Waals surface area contributed by atoms with Crippen LogP contribution in [0.1, 0.15) is 50.9 Å². The lowest BCUT2D eigenvalue weighted by Gasteiger charge is -2.45. The molecule has 2 amide bonds. The zero-order valence-electron chi connectivity index (χ0n) is 16.7. The van der Waals surface area contributed by atoms with Crippen molar-refractivity contribution in [3.05, 3.63) is 107 Å². The van der Waals surface area contributed by atoms with Crippen LogP contribution in [-0.4, -0.2) is 24.9 Å². The molecule has 3 aliphatic carbocycles. The van der Waals surface area contributed by atoms with E-state index in [-0.39, 0.29) is 18.4 Å². The fourth-order valence-electron chi connectivity index (χ4n) is 5.12. The minimum Gasteiger partial charge on any atom is -0.354 e. The molecule has 4 nitrogen and oxygen atoms in total. The van der Waals surface area contributed by atoms with Crippen LogP contribution in [0.5, 0.6) is 0 Å². The number of benzene rings is 3. The van der Waals surface area contributed by atoms with Gasteiger partial charge in [0, 0.05) is 23.9 Å². The quantitative estimate of drug-likeness (QED) is 0.689. The second-order valence-corrected chi connectivity index (χ2v) is 8.14. The molecule has 0 fully saturated rings. The molecule has 4 heteroatoms. The van der Waals surface area contributed by atoms with Crippen molar-refractivity contribution in [1.82, 2.24) is 10.6 Å². The Morgan fingerprint density at radius 1 is 0.733 bits per heavy atom. The van der Waals surface area contributed by atoms with Crippen molar-refractivity contribution in [2.24, 2.45) is 5.92 Å². The summed E-state index contributed by atoms with van der Waals surface area (Å²) in [7, 11) is 0. The van der Waals surface area contributed by atoms with Crippen LogP contribution in [0.2, 0.25) is 0 Å². The minimum atomic E-state index is -0.231. The fraction of sp³-hybridized carbons (Fsp3) is 0.231. The van der Waals surface area contributed by atoms with Crippen molar-refractivity contribution in [2.45, 2.75) is 18.3 Å². The van der Waals surface area contributed by atoms with E-state index in [0.29, 0.717) is 29.9 Å². The Morgan fingerprint density at radius 2 is 1.30 bits per heavy atom. The van der Waals surface area contributed by atoms with E-state index >= 15 is 0 Å². The fourth-order valence-corrected chi connectivity index (χ4v) is 5.12. The van der Waals surface area contributed by atoms with Crippen LogP contribution in [-0.2, 0) is 4.79 Å². The number of nitrogens with one attached hydrogen (secondary N) is 2. The van der Waals surface area contributed by atoms with E-state index in [1.54, 1.807) is 12.1 Å². The number of hydrogen-bond donors (Lipinski definition) is 2. The predicted octanol–water partition coefficient (Wildman–Crippen LogP) is 3.83. The lowest BCUT2D eigenvalue weighted by atomic mass is 9.59. The van der Waals surface area contributed by atoms with Crippen molar-refractivity contribution in [1.29, 1.82) is 0 Å². The standard InChI is InChI=1S/C26H24N2O2/c29-24(16-28-26(30)17-8-2-1-3-9-17)27-15-18-14-23-19-10-4-6-12-21(19)25(18)22-13-7-5-11-20(22)23/h1-13,18,23,25H,14-16H2,(H,27,29)(H,28,30)/t18-,23?,25?/m1/s1. The van der Waals surface area contributed by atoms with Gasteiger partial charge in [0.05, 0.1) is 6.54 Å². The van der Waals surface area contributed by atoms with E-state index in [4.69, 9.17) is 0 Å². The molecule has 3 aromatic carbocycles. The number of hydrogen-bond acceptors (Lipinski definition) is 2. The molecule has 1 atom stereocenters. The lowest BCUT2D eigenvalue weighted by Crippen LogP contribution is -2.42. The molecule has 6 rings (SSSR count). The van der Waals surface area contributed by atoms with E-state index in [0.717, 1.165) is 6.42 Å². The average molecular weight is 396 g/mol. The van der Waals surface area contributed by atoms with Gasteiger partial charge in [-0.3, -0.25) is 9.59 Å².